The van der Waals surface area contributed by atoms with Crippen molar-refractivity contribution < 1.29 is 0 Å². The van der Waals surface area contributed by atoms with Gasteiger partial charge in [-0.05, 0) is 25.7 Å². The Kier molecular flexibility index (Phi) is 3.64. The number of hydrogen-bond donors (Lipinski definition) is 1. The van der Waals surface area contributed by atoms with Crippen molar-refractivity contribution in [2.45, 2.75) is 45.6 Å². The van der Waals surface area contributed by atoms with Crippen LogP contribution in [0.3, 0.4) is 0 Å². The van der Waals surface area contributed by atoms with Gasteiger partial charge in [-0.1, -0.05) is 31.4 Å². The molecule has 1 heterocycles. The number of aromatic nitrogens is 2. The van der Waals surface area contributed by atoms with E-state index in [0.717, 1.165) is 23.7 Å². The van der Waals surface area contributed by atoms with Gasteiger partial charge in [-0.3, -0.25) is 0 Å². The minimum atomic E-state index is 0.511. The molecule has 1 atom stereocenters. The van der Waals surface area contributed by atoms with Crippen LogP contribution >= 0.6 is 11.6 Å². The molecule has 1 fully saturated rings. The van der Waals surface area contributed by atoms with Gasteiger partial charge in [0.25, 0.3) is 0 Å². The van der Waals surface area contributed by atoms with Crippen LogP contribution in [0.25, 0.3) is 0 Å². The van der Waals surface area contributed by atoms with E-state index in [2.05, 4.69) is 22.2 Å². The highest BCUT2D eigenvalue weighted by atomic mass is 35.5. The van der Waals surface area contributed by atoms with Crippen LogP contribution in [0.5, 0.6) is 0 Å². The summed E-state index contributed by atoms with van der Waals surface area (Å²) in [6.45, 7) is 4.16. The molecule has 0 amide bonds. The van der Waals surface area contributed by atoms with Crippen LogP contribution in [0.15, 0.2) is 6.33 Å². The number of halogens is 1. The van der Waals surface area contributed by atoms with Crippen molar-refractivity contribution in [1.29, 1.82) is 0 Å². The number of anilines is 1. The highest BCUT2D eigenvalue weighted by molar-refractivity contribution is 6.30. The van der Waals surface area contributed by atoms with Crippen LogP contribution in [0, 0.1) is 12.8 Å². The normalized spacial score (nSPS) is 17.2. The van der Waals surface area contributed by atoms with Crippen LogP contribution < -0.4 is 5.32 Å². The average molecular weight is 240 g/mol. The Bertz CT molecular complexity index is 363. The zero-order valence-corrected chi connectivity index (χ0v) is 10.6. The molecule has 0 spiro atoms. The highest BCUT2D eigenvalue weighted by Gasteiger charge is 2.25. The molecule has 3 nitrogen and oxygen atoms in total. The molecule has 1 N–H and O–H groups in total. The predicted octanol–water partition coefficient (Wildman–Crippen LogP) is 3.43. The lowest BCUT2D eigenvalue weighted by Gasteiger charge is -2.18. The molecule has 4 heteroatoms. The summed E-state index contributed by atoms with van der Waals surface area (Å²) in [5, 5.41) is 4.01. The number of hydrogen-bond acceptors (Lipinski definition) is 3. The molecule has 2 rings (SSSR count). The van der Waals surface area contributed by atoms with Crippen molar-refractivity contribution in [1.82, 2.24) is 9.97 Å². The van der Waals surface area contributed by atoms with E-state index < -0.39 is 0 Å². The summed E-state index contributed by atoms with van der Waals surface area (Å²) in [5.41, 5.74) is 0.943. The van der Waals surface area contributed by atoms with Gasteiger partial charge < -0.3 is 5.32 Å². The van der Waals surface area contributed by atoms with Crippen LogP contribution in [-0.4, -0.2) is 16.0 Å². The third kappa shape index (κ3) is 2.85. The third-order valence-electron chi connectivity index (χ3n) is 3.17. The minimum absolute atomic E-state index is 0.511. The second-order valence-corrected chi connectivity index (χ2v) is 4.92. The predicted molar refractivity (Wildman–Crippen MR) is 66.8 cm³/mol. The molecule has 16 heavy (non-hydrogen) atoms. The maximum atomic E-state index is 5.97. The Morgan fingerprint density at radius 2 is 2.25 bits per heavy atom. The average Bonchev–Trinajstić information content (AvgIpc) is 3.07. The standard InChI is InChI=1S/C12H18ClN3/c1-3-10(6-9-4-5-9)16-12-8(2)11(13)14-7-15-12/h7,9-10H,3-6H2,1-2H3,(H,14,15,16). The Labute approximate surface area is 102 Å². The van der Waals surface area contributed by atoms with E-state index in [-0.39, 0.29) is 0 Å². The maximum absolute atomic E-state index is 5.97. The monoisotopic (exact) mass is 239 g/mol. The van der Waals surface area contributed by atoms with E-state index in [9.17, 15) is 0 Å². The first kappa shape index (κ1) is 11.6. The Hall–Kier alpha value is -0.830. The van der Waals surface area contributed by atoms with E-state index in [0.29, 0.717) is 11.2 Å². The molecule has 1 saturated carbocycles. The van der Waals surface area contributed by atoms with Crippen LogP contribution in [0.2, 0.25) is 5.15 Å². The fourth-order valence-corrected chi connectivity index (χ4v) is 1.98. The molecule has 0 saturated heterocycles. The first-order chi connectivity index (χ1) is 7.70. The molecule has 1 aliphatic rings. The van der Waals surface area contributed by atoms with Crippen molar-refractivity contribution in [3.05, 3.63) is 17.0 Å². The zero-order chi connectivity index (χ0) is 11.5. The molecule has 88 valence electrons. The Balaban J connectivity index is 2.02. The van der Waals surface area contributed by atoms with Crippen molar-refractivity contribution in [2.24, 2.45) is 5.92 Å². The van der Waals surface area contributed by atoms with Gasteiger partial charge in [-0.15, -0.1) is 0 Å². The van der Waals surface area contributed by atoms with E-state index in [1.54, 1.807) is 0 Å². The first-order valence-electron chi connectivity index (χ1n) is 5.94. The fourth-order valence-electron chi connectivity index (χ4n) is 1.85. The molecule has 1 aromatic rings. The lowest BCUT2D eigenvalue weighted by Crippen LogP contribution is -2.20. The summed E-state index contributed by atoms with van der Waals surface area (Å²) in [6.07, 6.45) is 6.67. The van der Waals surface area contributed by atoms with Gasteiger partial charge in [0.2, 0.25) is 0 Å². The van der Waals surface area contributed by atoms with Crippen LogP contribution in [-0.2, 0) is 0 Å². The lowest BCUT2D eigenvalue weighted by atomic mass is 10.1. The van der Waals surface area contributed by atoms with E-state index in [4.69, 9.17) is 11.6 Å². The molecule has 0 aliphatic heterocycles. The summed E-state index contributed by atoms with van der Waals surface area (Å²) in [7, 11) is 0. The largest absolute Gasteiger partial charge is 0.367 e. The number of nitrogens with one attached hydrogen (secondary N) is 1. The van der Waals surface area contributed by atoms with Crippen molar-refractivity contribution in [3.63, 3.8) is 0 Å². The first-order valence-corrected chi connectivity index (χ1v) is 6.32. The van der Waals surface area contributed by atoms with E-state index in [1.165, 1.54) is 25.6 Å². The van der Waals surface area contributed by atoms with Gasteiger partial charge in [0.05, 0.1) is 0 Å². The molecule has 0 bridgehead atoms. The molecular formula is C12H18ClN3. The molecule has 0 radical (unpaired) electrons. The van der Waals surface area contributed by atoms with Crippen molar-refractivity contribution in [3.8, 4) is 0 Å². The number of rotatable bonds is 5. The van der Waals surface area contributed by atoms with Crippen LogP contribution in [0.1, 0.15) is 38.2 Å². The zero-order valence-electron chi connectivity index (χ0n) is 9.83. The Morgan fingerprint density at radius 3 is 2.88 bits per heavy atom. The van der Waals surface area contributed by atoms with Crippen molar-refractivity contribution in [2.75, 3.05) is 5.32 Å². The molecular weight excluding hydrogens is 222 g/mol. The van der Waals surface area contributed by atoms with Gasteiger partial charge in [0.1, 0.15) is 17.3 Å². The minimum Gasteiger partial charge on any atom is -0.367 e. The molecule has 0 aromatic carbocycles. The lowest BCUT2D eigenvalue weighted by molar-refractivity contribution is 0.584. The van der Waals surface area contributed by atoms with Gasteiger partial charge in [-0.25, -0.2) is 9.97 Å². The molecule has 1 unspecified atom stereocenters. The summed E-state index contributed by atoms with van der Waals surface area (Å²) >= 11 is 5.97. The summed E-state index contributed by atoms with van der Waals surface area (Å²) in [5.74, 6) is 1.81. The van der Waals surface area contributed by atoms with Crippen molar-refractivity contribution >= 4 is 17.4 Å². The third-order valence-corrected chi connectivity index (χ3v) is 3.55. The van der Waals surface area contributed by atoms with Gasteiger partial charge >= 0.3 is 0 Å². The summed E-state index contributed by atoms with van der Waals surface area (Å²) < 4.78 is 0. The quantitative estimate of drug-likeness (QED) is 0.800. The molecule has 1 aliphatic carbocycles. The van der Waals surface area contributed by atoms with E-state index >= 15 is 0 Å². The number of nitrogens with zero attached hydrogens (tertiary/aromatic N) is 2. The SMILES string of the molecule is CCC(CC1CC1)Nc1ncnc(Cl)c1C. The smallest absolute Gasteiger partial charge is 0.137 e. The summed E-state index contributed by atoms with van der Waals surface area (Å²) in [6, 6.07) is 0.511. The molecule has 1 aromatic heterocycles. The van der Waals surface area contributed by atoms with Gasteiger partial charge in [-0.2, -0.15) is 0 Å². The highest BCUT2D eigenvalue weighted by Crippen LogP contribution is 2.35. The van der Waals surface area contributed by atoms with Gasteiger partial charge in [0.15, 0.2) is 0 Å². The fraction of sp³-hybridized carbons (Fsp3) is 0.667. The Morgan fingerprint density at radius 1 is 1.50 bits per heavy atom. The topological polar surface area (TPSA) is 37.8 Å². The summed E-state index contributed by atoms with van der Waals surface area (Å²) in [4.78, 5) is 8.21. The van der Waals surface area contributed by atoms with Gasteiger partial charge in [0, 0.05) is 11.6 Å². The van der Waals surface area contributed by atoms with E-state index in [1.807, 2.05) is 6.92 Å². The van der Waals surface area contributed by atoms with Crippen LogP contribution in [0.4, 0.5) is 5.82 Å². The second-order valence-electron chi connectivity index (χ2n) is 4.57. The second kappa shape index (κ2) is 5.00. The maximum Gasteiger partial charge on any atom is 0.137 e.